The molecule has 0 aliphatic heterocycles. The molecule has 6 heteroatoms. The minimum atomic E-state index is 0.0863. The SMILES string of the molecule is Cc1noc(CCC(=O)NC2C3CCCC2CC(N)C3)n1. The molecule has 0 radical (unpaired) electrons. The molecule has 3 N–H and O–H groups in total. The van der Waals surface area contributed by atoms with Gasteiger partial charge in [0.05, 0.1) is 0 Å². The molecule has 2 fully saturated rings. The van der Waals surface area contributed by atoms with Crippen LogP contribution in [0.15, 0.2) is 4.52 Å². The van der Waals surface area contributed by atoms with Crippen LogP contribution in [0.2, 0.25) is 0 Å². The van der Waals surface area contributed by atoms with Crippen molar-refractivity contribution in [2.24, 2.45) is 17.6 Å². The van der Waals surface area contributed by atoms with Gasteiger partial charge in [-0.1, -0.05) is 11.6 Å². The number of carbonyl (C=O) groups excluding carboxylic acids is 1. The number of fused-ring (bicyclic) bond motifs is 2. The van der Waals surface area contributed by atoms with Crippen LogP contribution in [-0.2, 0) is 11.2 Å². The maximum absolute atomic E-state index is 12.2. The lowest BCUT2D eigenvalue weighted by molar-refractivity contribution is -0.123. The number of rotatable bonds is 4. The second-order valence-electron chi connectivity index (χ2n) is 6.51. The molecule has 2 bridgehead atoms. The van der Waals surface area contributed by atoms with Crippen molar-refractivity contribution in [3.05, 3.63) is 11.7 Å². The topological polar surface area (TPSA) is 94.0 Å². The molecule has 0 saturated heterocycles. The van der Waals surface area contributed by atoms with E-state index in [1.54, 1.807) is 6.92 Å². The van der Waals surface area contributed by atoms with Gasteiger partial charge in [-0.15, -0.1) is 0 Å². The lowest BCUT2D eigenvalue weighted by atomic mass is 9.67. The van der Waals surface area contributed by atoms with E-state index in [9.17, 15) is 4.79 Å². The quantitative estimate of drug-likeness (QED) is 0.873. The molecule has 116 valence electrons. The molecule has 1 aromatic heterocycles. The van der Waals surface area contributed by atoms with Crippen molar-refractivity contribution in [1.29, 1.82) is 0 Å². The molecule has 0 spiro atoms. The van der Waals surface area contributed by atoms with Crippen molar-refractivity contribution in [2.75, 3.05) is 0 Å². The van der Waals surface area contributed by atoms with Gasteiger partial charge in [0.1, 0.15) is 0 Å². The molecule has 2 atom stereocenters. The molecule has 6 nitrogen and oxygen atoms in total. The largest absolute Gasteiger partial charge is 0.353 e. The molecular weight excluding hydrogens is 268 g/mol. The molecule has 2 unspecified atom stereocenters. The lowest BCUT2D eigenvalue weighted by Crippen LogP contribution is -2.53. The van der Waals surface area contributed by atoms with Crippen LogP contribution >= 0.6 is 0 Å². The average molecular weight is 292 g/mol. The third-order valence-corrected chi connectivity index (χ3v) is 4.84. The van der Waals surface area contributed by atoms with Crippen LogP contribution in [0.3, 0.4) is 0 Å². The summed E-state index contributed by atoms with van der Waals surface area (Å²) in [6.45, 7) is 1.78. The number of nitrogens with one attached hydrogen (secondary N) is 1. The predicted octanol–water partition coefficient (Wildman–Crippen LogP) is 1.33. The maximum atomic E-state index is 12.2. The molecule has 2 saturated carbocycles. The molecule has 3 rings (SSSR count). The highest BCUT2D eigenvalue weighted by Gasteiger charge is 2.39. The van der Waals surface area contributed by atoms with Gasteiger partial charge in [0, 0.05) is 24.9 Å². The highest BCUT2D eigenvalue weighted by molar-refractivity contribution is 5.76. The van der Waals surface area contributed by atoms with Gasteiger partial charge >= 0.3 is 0 Å². The van der Waals surface area contributed by atoms with Crippen LogP contribution < -0.4 is 11.1 Å². The Morgan fingerprint density at radius 2 is 2.10 bits per heavy atom. The number of nitrogens with two attached hydrogens (primary N) is 1. The first-order valence-corrected chi connectivity index (χ1v) is 7.96. The number of carbonyl (C=O) groups is 1. The van der Waals surface area contributed by atoms with Crippen molar-refractivity contribution in [3.63, 3.8) is 0 Å². The van der Waals surface area contributed by atoms with Gasteiger partial charge in [-0.25, -0.2) is 0 Å². The second kappa shape index (κ2) is 6.13. The van der Waals surface area contributed by atoms with Gasteiger partial charge in [0.25, 0.3) is 0 Å². The van der Waals surface area contributed by atoms with Gasteiger partial charge in [0.15, 0.2) is 5.82 Å². The molecule has 2 aliphatic carbocycles. The van der Waals surface area contributed by atoms with Gasteiger partial charge < -0.3 is 15.6 Å². The van der Waals surface area contributed by atoms with Crippen molar-refractivity contribution in [3.8, 4) is 0 Å². The van der Waals surface area contributed by atoms with Crippen LogP contribution in [0.5, 0.6) is 0 Å². The van der Waals surface area contributed by atoms with Gasteiger partial charge in [-0.2, -0.15) is 4.98 Å². The number of aromatic nitrogens is 2. The molecule has 1 heterocycles. The highest BCUT2D eigenvalue weighted by atomic mass is 16.5. The summed E-state index contributed by atoms with van der Waals surface area (Å²) in [6, 6.07) is 0.630. The zero-order chi connectivity index (χ0) is 14.8. The summed E-state index contributed by atoms with van der Waals surface area (Å²) in [5.74, 6) is 2.35. The number of aryl methyl sites for hydroxylation is 2. The van der Waals surface area contributed by atoms with Gasteiger partial charge in [-0.05, 0) is 44.4 Å². The van der Waals surface area contributed by atoms with Gasteiger partial charge in [0.2, 0.25) is 11.8 Å². The first-order valence-electron chi connectivity index (χ1n) is 7.96. The fraction of sp³-hybridized carbons (Fsp3) is 0.800. The van der Waals surface area contributed by atoms with Crippen LogP contribution in [-0.4, -0.2) is 28.1 Å². The van der Waals surface area contributed by atoms with E-state index in [4.69, 9.17) is 10.3 Å². The average Bonchev–Trinajstić information content (AvgIpc) is 2.83. The summed E-state index contributed by atoms with van der Waals surface area (Å²) in [7, 11) is 0. The van der Waals surface area contributed by atoms with E-state index in [1.807, 2.05) is 0 Å². The standard InChI is InChI=1S/C15H24N4O2/c1-9-17-14(21-19-9)6-5-13(20)18-15-10-3-2-4-11(15)8-12(16)7-10/h10-12,15H,2-8,16H2,1H3,(H,18,20). The fourth-order valence-electron chi connectivity index (χ4n) is 3.94. The van der Waals surface area contributed by atoms with Crippen molar-refractivity contribution in [1.82, 2.24) is 15.5 Å². The summed E-state index contributed by atoms with van der Waals surface area (Å²) < 4.78 is 5.04. The van der Waals surface area contributed by atoms with Crippen molar-refractivity contribution < 1.29 is 9.32 Å². The first kappa shape index (κ1) is 14.5. The molecule has 0 aromatic carbocycles. The number of hydrogen-bond donors (Lipinski definition) is 2. The summed E-state index contributed by atoms with van der Waals surface area (Å²) in [6.07, 6.45) is 6.66. The summed E-state index contributed by atoms with van der Waals surface area (Å²) in [4.78, 5) is 16.3. The van der Waals surface area contributed by atoms with E-state index in [-0.39, 0.29) is 5.91 Å². The molecular formula is C15H24N4O2. The Morgan fingerprint density at radius 1 is 1.38 bits per heavy atom. The highest BCUT2D eigenvalue weighted by Crippen LogP contribution is 2.39. The smallest absolute Gasteiger partial charge is 0.227 e. The van der Waals surface area contributed by atoms with Crippen LogP contribution in [0.4, 0.5) is 0 Å². The Hall–Kier alpha value is -1.43. The van der Waals surface area contributed by atoms with Crippen LogP contribution in [0.25, 0.3) is 0 Å². The van der Waals surface area contributed by atoms with E-state index in [0.717, 1.165) is 12.8 Å². The normalized spacial score (nSPS) is 31.9. The monoisotopic (exact) mass is 292 g/mol. The molecule has 2 aliphatic rings. The Labute approximate surface area is 124 Å². The fourth-order valence-corrected chi connectivity index (χ4v) is 3.94. The minimum absolute atomic E-state index is 0.0863. The van der Waals surface area contributed by atoms with Gasteiger partial charge in [-0.3, -0.25) is 4.79 Å². The van der Waals surface area contributed by atoms with E-state index in [1.165, 1.54) is 19.3 Å². The lowest BCUT2D eigenvalue weighted by Gasteiger charge is -2.45. The minimum Gasteiger partial charge on any atom is -0.353 e. The number of nitrogens with zero attached hydrogens (tertiary/aromatic N) is 2. The number of hydrogen-bond acceptors (Lipinski definition) is 5. The Kier molecular flexibility index (Phi) is 4.24. The zero-order valence-corrected chi connectivity index (χ0v) is 12.5. The molecule has 21 heavy (non-hydrogen) atoms. The third kappa shape index (κ3) is 3.43. The number of amides is 1. The van der Waals surface area contributed by atoms with E-state index in [2.05, 4.69) is 15.5 Å². The Balaban J connectivity index is 1.52. The summed E-state index contributed by atoms with van der Waals surface area (Å²) in [5, 5.41) is 6.97. The summed E-state index contributed by atoms with van der Waals surface area (Å²) in [5.41, 5.74) is 6.11. The maximum Gasteiger partial charge on any atom is 0.227 e. The van der Waals surface area contributed by atoms with E-state index < -0.39 is 0 Å². The zero-order valence-electron chi connectivity index (χ0n) is 12.5. The molecule has 1 aromatic rings. The molecule has 1 amide bonds. The van der Waals surface area contributed by atoms with Crippen molar-refractivity contribution in [2.45, 2.75) is 64.0 Å². The van der Waals surface area contributed by atoms with E-state index in [0.29, 0.717) is 48.5 Å². The first-order chi connectivity index (χ1) is 10.1. The van der Waals surface area contributed by atoms with Crippen LogP contribution in [0.1, 0.15) is 50.2 Å². The second-order valence-corrected chi connectivity index (χ2v) is 6.51. The van der Waals surface area contributed by atoms with E-state index >= 15 is 0 Å². The predicted molar refractivity (Wildman–Crippen MR) is 77.3 cm³/mol. The summed E-state index contributed by atoms with van der Waals surface area (Å²) >= 11 is 0. The van der Waals surface area contributed by atoms with Crippen LogP contribution in [0, 0.1) is 18.8 Å². The van der Waals surface area contributed by atoms with Crippen molar-refractivity contribution >= 4 is 5.91 Å². The Morgan fingerprint density at radius 3 is 2.71 bits per heavy atom. The third-order valence-electron chi connectivity index (χ3n) is 4.84. The Bertz CT molecular complexity index is 488.